The van der Waals surface area contributed by atoms with Crippen molar-refractivity contribution in [2.45, 2.75) is 37.0 Å². The normalized spacial score (nSPS) is 33.6. The van der Waals surface area contributed by atoms with E-state index in [1.807, 2.05) is 12.1 Å². The molecule has 28 heavy (non-hydrogen) atoms. The largest absolute Gasteiger partial charge is 0.388 e. The average molecular weight is 427 g/mol. The Morgan fingerprint density at radius 1 is 0.786 bits per heavy atom. The van der Waals surface area contributed by atoms with Gasteiger partial charge in [-0.25, -0.2) is 0 Å². The second-order valence-corrected chi connectivity index (χ2v) is 7.65. The lowest BCUT2D eigenvalue weighted by atomic mass is 10.0. The first-order chi connectivity index (χ1) is 13.5. The van der Waals surface area contributed by atoms with Crippen LogP contribution in [0, 0.1) is 0 Å². The van der Waals surface area contributed by atoms with Gasteiger partial charge in [-0.3, -0.25) is 0 Å². The van der Waals surface area contributed by atoms with Crippen molar-refractivity contribution in [3.63, 3.8) is 0 Å². The average Bonchev–Trinajstić information content (AvgIpc) is 3.12. The standard InChI is InChI=1S/C20H20Cl2O6/c21-13-5-1-3-11(7-13)19-25-9-15(23)17(24)18-16(10-26-19)27-20(28-18)12-4-2-6-14(22)8-12/h1-8,15-20,23-24H,9-10H2/t15-,16+,17-,18-,19?,20?/m1/s1. The van der Waals surface area contributed by atoms with Crippen LogP contribution in [-0.4, -0.2) is 47.8 Å². The van der Waals surface area contributed by atoms with E-state index in [-0.39, 0.29) is 13.2 Å². The molecule has 0 spiro atoms. The van der Waals surface area contributed by atoms with Gasteiger partial charge >= 0.3 is 0 Å². The van der Waals surface area contributed by atoms with Gasteiger partial charge in [0.2, 0.25) is 0 Å². The number of aliphatic hydroxyl groups is 2. The smallest absolute Gasteiger partial charge is 0.185 e. The van der Waals surface area contributed by atoms with Crippen molar-refractivity contribution in [3.05, 3.63) is 69.7 Å². The molecular formula is C20H20Cl2O6. The molecule has 2 aromatic rings. The van der Waals surface area contributed by atoms with E-state index in [9.17, 15) is 10.2 Å². The summed E-state index contributed by atoms with van der Waals surface area (Å²) in [5.41, 5.74) is 1.43. The van der Waals surface area contributed by atoms with Crippen molar-refractivity contribution >= 4 is 23.2 Å². The molecule has 2 aliphatic heterocycles. The highest BCUT2D eigenvalue weighted by atomic mass is 35.5. The summed E-state index contributed by atoms with van der Waals surface area (Å²) in [4.78, 5) is 0. The van der Waals surface area contributed by atoms with Gasteiger partial charge in [-0.1, -0.05) is 47.5 Å². The summed E-state index contributed by atoms with van der Waals surface area (Å²) in [7, 11) is 0. The van der Waals surface area contributed by atoms with E-state index >= 15 is 0 Å². The van der Waals surface area contributed by atoms with Gasteiger partial charge in [0.25, 0.3) is 0 Å². The molecule has 4 rings (SSSR count). The number of aliphatic hydroxyl groups excluding tert-OH is 2. The van der Waals surface area contributed by atoms with Crippen LogP contribution in [0.2, 0.25) is 10.0 Å². The van der Waals surface area contributed by atoms with Gasteiger partial charge in [-0.05, 0) is 24.3 Å². The number of halogens is 2. The Hall–Kier alpha value is -1.22. The molecule has 0 aromatic heterocycles. The minimum absolute atomic E-state index is 0.0999. The highest BCUT2D eigenvalue weighted by molar-refractivity contribution is 6.30. The molecule has 6 atom stereocenters. The maximum atomic E-state index is 10.6. The monoisotopic (exact) mass is 426 g/mol. The number of hydrogen-bond donors (Lipinski definition) is 2. The second-order valence-electron chi connectivity index (χ2n) is 6.77. The van der Waals surface area contributed by atoms with Crippen molar-refractivity contribution in [2.75, 3.05) is 13.2 Å². The van der Waals surface area contributed by atoms with Crippen molar-refractivity contribution < 1.29 is 29.2 Å². The van der Waals surface area contributed by atoms with Crippen molar-refractivity contribution in [3.8, 4) is 0 Å². The number of hydrogen-bond acceptors (Lipinski definition) is 6. The summed E-state index contributed by atoms with van der Waals surface area (Å²) in [6.45, 7) is -0.0323. The number of ether oxygens (including phenoxy) is 4. The van der Waals surface area contributed by atoms with E-state index in [2.05, 4.69) is 0 Å². The van der Waals surface area contributed by atoms with E-state index < -0.39 is 37.0 Å². The fourth-order valence-corrected chi connectivity index (χ4v) is 3.72. The molecule has 2 saturated heterocycles. The first-order valence-electron chi connectivity index (χ1n) is 8.92. The van der Waals surface area contributed by atoms with Crippen LogP contribution < -0.4 is 0 Å². The fourth-order valence-electron chi connectivity index (χ4n) is 3.32. The lowest BCUT2D eigenvalue weighted by Gasteiger charge is -2.23. The van der Waals surface area contributed by atoms with Crippen LogP contribution in [0.1, 0.15) is 23.7 Å². The molecule has 0 aliphatic carbocycles. The topological polar surface area (TPSA) is 77.4 Å². The maximum Gasteiger partial charge on any atom is 0.185 e. The van der Waals surface area contributed by atoms with E-state index in [0.29, 0.717) is 15.6 Å². The van der Waals surface area contributed by atoms with Crippen LogP contribution in [-0.2, 0) is 18.9 Å². The van der Waals surface area contributed by atoms with Gasteiger partial charge in [-0.2, -0.15) is 0 Å². The van der Waals surface area contributed by atoms with Crippen LogP contribution in [0.15, 0.2) is 48.5 Å². The zero-order chi connectivity index (χ0) is 19.7. The van der Waals surface area contributed by atoms with Crippen LogP contribution in [0.25, 0.3) is 0 Å². The molecule has 2 aliphatic rings. The molecule has 8 heteroatoms. The first-order valence-corrected chi connectivity index (χ1v) is 9.68. The lowest BCUT2D eigenvalue weighted by Crippen LogP contribution is -2.45. The Kier molecular flexibility index (Phi) is 6.20. The molecule has 0 radical (unpaired) electrons. The number of rotatable bonds is 2. The maximum absolute atomic E-state index is 10.6. The third-order valence-electron chi connectivity index (χ3n) is 4.75. The SMILES string of the molecule is O[C@H]1[C@@H]2OC(c3cccc(Cl)c3)O[C@H]2COC(c2cccc(Cl)c2)OC[C@H]1O. The summed E-state index contributed by atoms with van der Waals surface area (Å²) in [6.07, 6.45) is -5.22. The molecule has 2 heterocycles. The van der Waals surface area contributed by atoms with Crippen LogP contribution in [0.4, 0.5) is 0 Å². The van der Waals surface area contributed by atoms with Crippen LogP contribution in [0.3, 0.4) is 0 Å². The second kappa shape index (κ2) is 8.65. The molecule has 6 nitrogen and oxygen atoms in total. The highest BCUT2D eigenvalue weighted by Gasteiger charge is 2.45. The molecule has 2 N–H and O–H groups in total. The third kappa shape index (κ3) is 4.35. The molecule has 150 valence electrons. The quantitative estimate of drug-likeness (QED) is 0.767. The fraction of sp³-hybridized carbons (Fsp3) is 0.400. The van der Waals surface area contributed by atoms with E-state index in [1.54, 1.807) is 36.4 Å². The minimum Gasteiger partial charge on any atom is -0.388 e. The zero-order valence-electron chi connectivity index (χ0n) is 14.8. The Morgan fingerprint density at radius 3 is 2.04 bits per heavy atom. The van der Waals surface area contributed by atoms with Gasteiger partial charge in [-0.15, -0.1) is 0 Å². The van der Waals surface area contributed by atoms with Gasteiger partial charge in [0.15, 0.2) is 12.6 Å². The molecule has 0 saturated carbocycles. The number of benzene rings is 2. The summed E-state index contributed by atoms with van der Waals surface area (Å²) in [6, 6.07) is 14.2. The van der Waals surface area contributed by atoms with Gasteiger partial charge < -0.3 is 29.2 Å². The molecular weight excluding hydrogens is 407 g/mol. The Morgan fingerprint density at radius 2 is 1.39 bits per heavy atom. The van der Waals surface area contributed by atoms with Crippen molar-refractivity contribution in [1.29, 1.82) is 0 Å². The summed E-state index contributed by atoms with van der Waals surface area (Å²) < 4.78 is 23.4. The van der Waals surface area contributed by atoms with Crippen molar-refractivity contribution in [1.82, 2.24) is 0 Å². The predicted molar refractivity (Wildman–Crippen MR) is 102 cm³/mol. The summed E-state index contributed by atoms with van der Waals surface area (Å²) in [5.74, 6) is 0. The zero-order valence-corrected chi connectivity index (χ0v) is 16.3. The Bertz CT molecular complexity index is 819. The molecule has 0 amide bonds. The predicted octanol–water partition coefficient (Wildman–Crippen LogP) is 3.24. The third-order valence-corrected chi connectivity index (χ3v) is 5.22. The minimum atomic E-state index is -1.20. The number of fused-ring (bicyclic) bond motifs is 1. The van der Waals surface area contributed by atoms with E-state index in [1.165, 1.54) is 0 Å². The summed E-state index contributed by atoms with van der Waals surface area (Å²) >= 11 is 12.1. The van der Waals surface area contributed by atoms with Gasteiger partial charge in [0.05, 0.1) is 13.2 Å². The van der Waals surface area contributed by atoms with E-state index in [0.717, 1.165) is 5.56 Å². The Labute approximate surface area is 172 Å². The van der Waals surface area contributed by atoms with Gasteiger partial charge in [0.1, 0.15) is 24.4 Å². The van der Waals surface area contributed by atoms with Crippen LogP contribution in [0.5, 0.6) is 0 Å². The van der Waals surface area contributed by atoms with Crippen LogP contribution >= 0.6 is 23.2 Å². The van der Waals surface area contributed by atoms with Crippen molar-refractivity contribution in [2.24, 2.45) is 0 Å². The Balaban J connectivity index is 1.55. The lowest BCUT2D eigenvalue weighted by molar-refractivity contribution is -0.182. The molecule has 2 aromatic carbocycles. The molecule has 2 unspecified atom stereocenters. The summed E-state index contributed by atoms with van der Waals surface area (Å²) in [5, 5.41) is 22.0. The highest BCUT2D eigenvalue weighted by Crippen LogP contribution is 2.36. The van der Waals surface area contributed by atoms with Gasteiger partial charge in [0, 0.05) is 21.2 Å². The molecule has 2 fully saturated rings. The molecule has 0 bridgehead atoms. The van der Waals surface area contributed by atoms with E-state index in [4.69, 9.17) is 42.1 Å². The first kappa shape index (κ1) is 20.1.